The fraction of sp³-hybridized carbons (Fsp3) is 0.700. The number of nitrogens with zero attached hydrogens (tertiary/aromatic N) is 2. The Hall–Kier alpha value is -0.540. The molecule has 0 radical (unpaired) electrons. The van der Waals surface area contributed by atoms with Crippen molar-refractivity contribution in [3.63, 3.8) is 0 Å². The van der Waals surface area contributed by atoms with Crippen molar-refractivity contribution in [2.75, 3.05) is 13.1 Å². The second kappa shape index (κ2) is 3.55. The Morgan fingerprint density at radius 1 is 1.50 bits per heavy atom. The molecule has 1 unspecified atom stereocenters. The van der Waals surface area contributed by atoms with Crippen molar-refractivity contribution >= 4 is 12.4 Å². The van der Waals surface area contributed by atoms with E-state index in [2.05, 4.69) is 28.0 Å². The predicted molar refractivity (Wildman–Crippen MR) is 57.6 cm³/mol. The van der Waals surface area contributed by atoms with E-state index in [1.165, 1.54) is 19.6 Å². The van der Waals surface area contributed by atoms with E-state index < -0.39 is 0 Å². The molecule has 1 saturated carbocycles. The number of rotatable bonds is 2. The van der Waals surface area contributed by atoms with Crippen molar-refractivity contribution < 1.29 is 0 Å². The molecule has 1 aromatic rings. The Morgan fingerprint density at radius 3 is 2.79 bits per heavy atom. The molecule has 1 saturated heterocycles. The van der Waals surface area contributed by atoms with Gasteiger partial charge >= 0.3 is 0 Å². The SMILES string of the molecule is Cc1nccn1CC1[C@H]2CNC[C@@H]12.Cl. The third kappa shape index (κ3) is 1.44. The van der Waals surface area contributed by atoms with Crippen LogP contribution in [0.5, 0.6) is 0 Å². The van der Waals surface area contributed by atoms with Crippen LogP contribution in [0.3, 0.4) is 0 Å². The maximum absolute atomic E-state index is 4.24. The van der Waals surface area contributed by atoms with E-state index in [4.69, 9.17) is 0 Å². The number of halogens is 1. The zero-order chi connectivity index (χ0) is 8.84. The molecule has 1 N–H and O–H groups in total. The summed E-state index contributed by atoms with van der Waals surface area (Å²) in [6.45, 7) is 5.74. The van der Waals surface area contributed by atoms with Crippen LogP contribution in [0.15, 0.2) is 12.4 Å². The Bertz CT molecular complexity index is 313. The minimum absolute atomic E-state index is 0. The summed E-state index contributed by atoms with van der Waals surface area (Å²) in [7, 11) is 0. The summed E-state index contributed by atoms with van der Waals surface area (Å²) in [6, 6.07) is 0. The second-order valence-corrected chi connectivity index (χ2v) is 4.28. The summed E-state index contributed by atoms with van der Waals surface area (Å²) in [6.07, 6.45) is 3.99. The van der Waals surface area contributed by atoms with Gasteiger partial charge in [0, 0.05) is 18.9 Å². The molecule has 1 aliphatic carbocycles. The molecule has 14 heavy (non-hydrogen) atoms. The smallest absolute Gasteiger partial charge is 0.105 e. The molecule has 78 valence electrons. The van der Waals surface area contributed by atoms with Crippen LogP contribution >= 0.6 is 12.4 Å². The fourth-order valence-corrected chi connectivity index (χ4v) is 2.64. The third-order valence-electron chi connectivity index (χ3n) is 3.60. The lowest BCUT2D eigenvalue weighted by Gasteiger charge is -2.06. The molecule has 2 aliphatic rings. The molecule has 0 aromatic carbocycles. The lowest BCUT2D eigenvalue weighted by Crippen LogP contribution is -2.17. The van der Waals surface area contributed by atoms with Crippen molar-refractivity contribution in [2.24, 2.45) is 17.8 Å². The molecule has 0 amide bonds. The van der Waals surface area contributed by atoms with Crippen molar-refractivity contribution in [2.45, 2.75) is 13.5 Å². The minimum atomic E-state index is 0. The molecule has 3 rings (SSSR count). The number of nitrogens with one attached hydrogen (secondary N) is 1. The van der Waals surface area contributed by atoms with E-state index in [0.29, 0.717) is 0 Å². The number of aromatic nitrogens is 2. The zero-order valence-electron chi connectivity index (χ0n) is 8.31. The zero-order valence-corrected chi connectivity index (χ0v) is 9.13. The molecule has 0 bridgehead atoms. The van der Waals surface area contributed by atoms with Crippen LogP contribution in [-0.2, 0) is 6.54 Å². The summed E-state index contributed by atoms with van der Waals surface area (Å²) in [5.74, 6) is 4.00. The quantitative estimate of drug-likeness (QED) is 0.797. The molecule has 0 spiro atoms. The highest BCUT2D eigenvalue weighted by Gasteiger charge is 2.52. The van der Waals surface area contributed by atoms with Gasteiger partial charge in [-0.1, -0.05) is 0 Å². The van der Waals surface area contributed by atoms with Crippen molar-refractivity contribution in [3.8, 4) is 0 Å². The maximum Gasteiger partial charge on any atom is 0.105 e. The van der Waals surface area contributed by atoms with E-state index in [1.807, 2.05) is 6.20 Å². The molecule has 2 fully saturated rings. The summed E-state index contributed by atoms with van der Waals surface area (Å²) in [4.78, 5) is 4.24. The molecular formula is C10H16ClN3. The highest BCUT2D eigenvalue weighted by molar-refractivity contribution is 5.85. The molecule has 3 nitrogen and oxygen atoms in total. The van der Waals surface area contributed by atoms with Gasteiger partial charge in [-0.2, -0.15) is 0 Å². The van der Waals surface area contributed by atoms with Crippen LogP contribution in [0.1, 0.15) is 5.82 Å². The Balaban J connectivity index is 0.000000750. The van der Waals surface area contributed by atoms with Gasteiger partial charge in [-0.3, -0.25) is 0 Å². The number of aryl methyl sites for hydroxylation is 1. The summed E-state index contributed by atoms with van der Waals surface area (Å²) in [5.41, 5.74) is 0. The number of hydrogen-bond acceptors (Lipinski definition) is 2. The average Bonchev–Trinajstić information content (AvgIpc) is 2.57. The highest BCUT2D eigenvalue weighted by atomic mass is 35.5. The van der Waals surface area contributed by atoms with Crippen molar-refractivity contribution in [1.29, 1.82) is 0 Å². The molecule has 3 atom stereocenters. The van der Waals surface area contributed by atoms with Crippen molar-refractivity contribution in [1.82, 2.24) is 14.9 Å². The Morgan fingerprint density at radius 2 is 2.21 bits per heavy atom. The van der Waals surface area contributed by atoms with Crippen LogP contribution in [-0.4, -0.2) is 22.6 Å². The predicted octanol–water partition coefficient (Wildman–Crippen LogP) is 1.08. The van der Waals surface area contributed by atoms with Gasteiger partial charge in [-0.25, -0.2) is 4.98 Å². The largest absolute Gasteiger partial charge is 0.335 e. The average molecular weight is 214 g/mol. The van der Waals surface area contributed by atoms with Gasteiger partial charge in [-0.05, 0) is 37.8 Å². The van der Waals surface area contributed by atoms with Gasteiger partial charge < -0.3 is 9.88 Å². The molecular weight excluding hydrogens is 198 g/mol. The first-order valence-electron chi connectivity index (χ1n) is 5.05. The van der Waals surface area contributed by atoms with E-state index in [1.54, 1.807) is 0 Å². The summed E-state index contributed by atoms with van der Waals surface area (Å²) in [5, 5.41) is 3.42. The van der Waals surface area contributed by atoms with Gasteiger partial charge in [0.2, 0.25) is 0 Å². The van der Waals surface area contributed by atoms with Gasteiger partial charge in [0.1, 0.15) is 5.82 Å². The first kappa shape index (κ1) is 9.99. The Kier molecular flexibility index (Phi) is 2.54. The second-order valence-electron chi connectivity index (χ2n) is 4.28. The van der Waals surface area contributed by atoms with E-state index in [9.17, 15) is 0 Å². The molecule has 2 heterocycles. The summed E-state index contributed by atoms with van der Waals surface area (Å²) >= 11 is 0. The van der Waals surface area contributed by atoms with Gasteiger partial charge in [0.25, 0.3) is 0 Å². The molecule has 4 heteroatoms. The fourth-order valence-electron chi connectivity index (χ4n) is 2.64. The molecule has 1 aromatic heterocycles. The van der Waals surface area contributed by atoms with Crippen LogP contribution in [0.4, 0.5) is 0 Å². The number of fused-ring (bicyclic) bond motifs is 1. The number of piperidine rings is 1. The van der Waals surface area contributed by atoms with E-state index in [-0.39, 0.29) is 12.4 Å². The van der Waals surface area contributed by atoms with Crippen LogP contribution in [0.2, 0.25) is 0 Å². The first-order chi connectivity index (χ1) is 6.36. The van der Waals surface area contributed by atoms with Crippen LogP contribution < -0.4 is 5.32 Å². The standard InChI is InChI=1S/C10H15N3.ClH/c1-7-12-2-3-13(7)6-10-8-4-11-5-9(8)10;/h2-3,8-11H,4-6H2,1H3;1H/t8-,9+,10?;. The monoisotopic (exact) mass is 213 g/mol. The van der Waals surface area contributed by atoms with E-state index >= 15 is 0 Å². The molecule has 1 aliphatic heterocycles. The van der Waals surface area contributed by atoms with Crippen LogP contribution in [0.25, 0.3) is 0 Å². The van der Waals surface area contributed by atoms with Crippen LogP contribution in [0, 0.1) is 24.7 Å². The Labute approximate surface area is 90.3 Å². The van der Waals surface area contributed by atoms with E-state index in [0.717, 1.165) is 23.6 Å². The maximum atomic E-state index is 4.24. The summed E-state index contributed by atoms with van der Waals surface area (Å²) < 4.78 is 2.28. The topological polar surface area (TPSA) is 29.9 Å². The third-order valence-corrected chi connectivity index (χ3v) is 3.60. The first-order valence-corrected chi connectivity index (χ1v) is 5.05. The normalized spacial score (nSPS) is 33.6. The minimum Gasteiger partial charge on any atom is -0.335 e. The number of imidazole rings is 1. The van der Waals surface area contributed by atoms with Gasteiger partial charge in [0.15, 0.2) is 0 Å². The van der Waals surface area contributed by atoms with Crippen molar-refractivity contribution in [3.05, 3.63) is 18.2 Å². The van der Waals surface area contributed by atoms with Gasteiger partial charge in [-0.15, -0.1) is 12.4 Å². The van der Waals surface area contributed by atoms with Gasteiger partial charge in [0.05, 0.1) is 0 Å². The lowest BCUT2D eigenvalue weighted by atomic mass is 10.3. The lowest BCUT2D eigenvalue weighted by molar-refractivity contribution is 0.509. The highest BCUT2D eigenvalue weighted by Crippen LogP contribution is 2.49. The number of hydrogen-bond donors (Lipinski definition) is 1.